The summed E-state index contributed by atoms with van der Waals surface area (Å²) in [4.78, 5) is 16.3. The van der Waals surface area contributed by atoms with E-state index in [2.05, 4.69) is 10.3 Å². The highest BCUT2D eigenvalue weighted by molar-refractivity contribution is 6.04. The topological polar surface area (TPSA) is 64.4 Å². The predicted molar refractivity (Wildman–Crippen MR) is 103 cm³/mol. The minimum atomic E-state index is -0.210. The Morgan fingerprint density at radius 2 is 2.15 bits per heavy atom. The number of benzene rings is 1. The minimum Gasteiger partial charge on any atom is -0.493 e. The summed E-state index contributed by atoms with van der Waals surface area (Å²) in [7, 11) is 0. The van der Waals surface area contributed by atoms with Crippen molar-refractivity contribution in [3.63, 3.8) is 0 Å². The summed E-state index contributed by atoms with van der Waals surface area (Å²) in [5, 5.41) is 3.84. The number of amides is 1. The highest BCUT2D eigenvalue weighted by Crippen LogP contribution is 2.35. The van der Waals surface area contributed by atoms with Crippen molar-refractivity contribution in [1.82, 2.24) is 4.98 Å². The lowest BCUT2D eigenvalue weighted by molar-refractivity contribution is -0.111. The Morgan fingerprint density at radius 3 is 2.85 bits per heavy atom. The first-order valence-corrected chi connectivity index (χ1v) is 8.55. The van der Waals surface area contributed by atoms with Crippen molar-refractivity contribution >= 4 is 28.1 Å². The molecule has 134 valence electrons. The van der Waals surface area contributed by atoms with Crippen LogP contribution in [0.2, 0.25) is 0 Å². The maximum absolute atomic E-state index is 12.3. The van der Waals surface area contributed by atoms with Gasteiger partial charge in [-0.3, -0.25) is 9.78 Å². The van der Waals surface area contributed by atoms with Gasteiger partial charge in [-0.25, -0.2) is 0 Å². The average Bonchev–Trinajstić information content (AvgIpc) is 2.89. The Balaban J connectivity index is 1.97. The summed E-state index contributed by atoms with van der Waals surface area (Å²) in [6.07, 6.45) is 4.84. The van der Waals surface area contributed by atoms with Crippen LogP contribution in [0.25, 0.3) is 16.5 Å². The maximum atomic E-state index is 12.3. The standard InChI is InChI=1S/C21H22N2O3/c1-5-25-19-11-20-18(14(3)15(4)26-20)10-17(19)13(2)9-21(24)23-16-7-6-8-22-12-16/h6-12H,5H2,1-4H3,(H,23,24)/b13-9+. The highest BCUT2D eigenvalue weighted by Gasteiger charge is 2.14. The maximum Gasteiger partial charge on any atom is 0.248 e. The second-order valence-electron chi connectivity index (χ2n) is 6.12. The van der Waals surface area contributed by atoms with Crippen LogP contribution >= 0.6 is 0 Å². The van der Waals surface area contributed by atoms with Gasteiger partial charge in [0.25, 0.3) is 0 Å². The van der Waals surface area contributed by atoms with Crippen molar-refractivity contribution in [2.24, 2.45) is 0 Å². The molecule has 0 saturated heterocycles. The van der Waals surface area contributed by atoms with Crippen LogP contribution in [-0.4, -0.2) is 17.5 Å². The van der Waals surface area contributed by atoms with Crippen LogP contribution in [0.4, 0.5) is 5.69 Å². The Hall–Kier alpha value is -3.08. The van der Waals surface area contributed by atoms with Crippen molar-refractivity contribution in [2.75, 3.05) is 11.9 Å². The molecule has 1 aromatic carbocycles. The fourth-order valence-corrected chi connectivity index (χ4v) is 2.84. The number of nitrogens with zero attached hydrogens (tertiary/aromatic N) is 1. The Morgan fingerprint density at radius 1 is 1.35 bits per heavy atom. The van der Waals surface area contributed by atoms with Gasteiger partial charge in [0.15, 0.2) is 0 Å². The Bertz CT molecular complexity index is 972. The van der Waals surface area contributed by atoms with Gasteiger partial charge >= 0.3 is 0 Å². The second kappa shape index (κ2) is 7.44. The number of nitrogens with one attached hydrogen (secondary N) is 1. The van der Waals surface area contributed by atoms with Gasteiger partial charge in [0.05, 0.1) is 18.5 Å². The van der Waals surface area contributed by atoms with Gasteiger partial charge in [-0.05, 0) is 57.0 Å². The van der Waals surface area contributed by atoms with Crippen molar-refractivity contribution in [2.45, 2.75) is 27.7 Å². The second-order valence-corrected chi connectivity index (χ2v) is 6.12. The van der Waals surface area contributed by atoms with Crippen LogP contribution in [0.3, 0.4) is 0 Å². The Labute approximate surface area is 152 Å². The van der Waals surface area contributed by atoms with E-state index in [4.69, 9.17) is 9.15 Å². The van der Waals surface area contributed by atoms with E-state index in [1.165, 1.54) is 0 Å². The number of carbonyl (C=O) groups is 1. The number of pyridine rings is 1. The molecule has 3 rings (SSSR count). The molecule has 1 amide bonds. The molecule has 2 aromatic heterocycles. The van der Waals surface area contributed by atoms with Gasteiger partial charge in [0.1, 0.15) is 17.1 Å². The summed E-state index contributed by atoms with van der Waals surface area (Å²) >= 11 is 0. The minimum absolute atomic E-state index is 0.210. The zero-order valence-corrected chi connectivity index (χ0v) is 15.4. The van der Waals surface area contributed by atoms with Crippen LogP contribution in [-0.2, 0) is 4.79 Å². The third-order valence-electron chi connectivity index (χ3n) is 4.28. The lowest BCUT2D eigenvalue weighted by Crippen LogP contribution is -2.08. The number of furan rings is 1. The monoisotopic (exact) mass is 350 g/mol. The molecule has 5 heteroatoms. The van der Waals surface area contributed by atoms with Gasteiger partial charge in [0.2, 0.25) is 5.91 Å². The van der Waals surface area contributed by atoms with Gasteiger partial charge in [-0.15, -0.1) is 0 Å². The fourth-order valence-electron chi connectivity index (χ4n) is 2.84. The third-order valence-corrected chi connectivity index (χ3v) is 4.28. The number of hydrogen-bond donors (Lipinski definition) is 1. The summed E-state index contributed by atoms with van der Waals surface area (Å²) in [6.45, 7) is 8.33. The van der Waals surface area contributed by atoms with Gasteiger partial charge in [-0.2, -0.15) is 0 Å². The van der Waals surface area contributed by atoms with E-state index >= 15 is 0 Å². The molecule has 0 saturated carbocycles. The zero-order valence-electron chi connectivity index (χ0n) is 15.4. The number of fused-ring (bicyclic) bond motifs is 1. The van der Waals surface area contributed by atoms with Crippen LogP contribution in [0.5, 0.6) is 5.75 Å². The molecular weight excluding hydrogens is 328 g/mol. The summed E-state index contributed by atoms with van der Waals surface area (Å²) < 4.78 is 11.6. The summed E-state index contributed by atoms with van der Waals surface area (Å²) in [5.41, 5.74) is 4.24. The average molecular weight is 350 g/mol. The van der Waals surface area contributed by atoms with Crippen LogP contribution in [0.1, 0.15) is 30.7 Å². The lowest BCUT2D eigenvalue weighted by atomic mass is 10.0. The molecule has 0 fully saturated rings. The first kappa shape index (κ1) is 17.7. The number of allylic oxidation sites excluding steroid dienone is 1. The molecule has 3 aromatic rings. The number of hydrogen-bond acceptors (Lipinski definition) is 4. The van der Waals surface area contributed by atoms with Crippen molar-refractivity contribution in [3.05, 3.63) is 59.6 Å². The third kappa shape index (κ3) is 3.61. The molecule has 5 nitrogen and oxygen atoms in total. The van der Waals surface area contributed by atoms with E-state index in [9.17, 15) is 4.79 Å². The molecule has 0 aliphatic rings. The van der Waals surface area contributed by atoms with Gasteiger partial charge in [0, 0.05) is 29.3 Å². The summed E-state index contributed by atoms with van der Waals surface area (Å²) in [6, 6.07) is 7.49. The van der Waals surface area contributed by atoms with Crippen molar-refractivity contribution in [1.29, 1.82) is 0 Å². The molecule has 0 aliphatic heterocycles. The fraction of sp³-hybridized carbons (Fsp3) is 0.238. The van der Waals surface area contributed by atoms with E-state index in [0.717, 1.165) is 33.4 Å². The molecule has 0 spiro atoms. The summed E-state index contributed by atoms with van der Waals surface area (Å²) in [5.74, 6) is 1.38. The van der Waals surface area contributed by atoms with Crippen molar-refractivity contribution < 1.29 is 13.9 Å². The van der Waals surface area contributed by atoms with Crippen molar-refractivity contribution in [3.8, 4) is 5.75 Å². The molecule has 0 bridgehead atoms. The highest BCUT2D eigenvalue weighted by atomic mass is 16.5. The lowest BCUT2D eigenvalue weighted by Gasteiger charge is -2.11. The smallest absolute Gasteiger partial charge is 0.248 e. The van der Waals surface area contributed by atoms with Gasteiger partial charge in [-0.1, -0.05) is 0 Å². The number of carbonyl (C=O) groups excluding carboxylic acids is 1. The number of ether oxygens (including phenoxy) is 1. The van der Waals surface area contributed by atoms with Gasteiger partial charge < -0.3 is 14.5 Å². The van der Waals surface area contributed by atoms with Crippen LogP contribution in [0, 0.1) is 13.8 Å². The Kier molecular flexibility index (Phi) is 5.07. The number of aryl methyl sites for hydroxylation is 2. The molecule has 0 aliphatic carbocycles. The van der Waals surface area contributed by atoms with Crippen LogP contribution < -0.4 is 10.1 Å². The van der Waals surface area contributed by atoms with E-state index < -0.39 is 0 Å². The zero-order chi connectivity index (χ0) is 18.7. The van der Waals surface area contributed by atoms with Crippen LogP contribution in [0.15, 0.2) is 47.2 Å². The first-order chi connectivity index (χ1) is 12.5. The molecule has 0 atom stereocenters. The molecule has 2 heterocycles. The molecular formula is C21H22N2O3. The predicted octanol–water partition coefficient (Wildman–Crippen LogP) is 4.89. The molecule has 26 heavy (non-hydrogen) atoms. The largest absolute Gasteiger partial charge is 0.493 e. The molecule has 0 radical (unpaired) electrons. The first-order valence-electron chi connectivity index (χ1n) is 8.55. The SMILES string of the molecule is CCOc1cc2oc(C)c(C)c2cc1/C(C)=C/C(=O)Nc1cccnc1. The number of anilines is 1. The van der Waals surface area contributed by atoms with E-state index in [1.807, 2.05) is 39.8 Å². The van der Waals surface area contributed by atoms with E-state index in [1.54, 1.807) is 30.6 Å². The quantitative estimate of drug-likeness (QED) is 0.666. The normalized spacial score (nSPS) is 11.6. The number of rotatable bonds is 5. The van der Waals surface area contributed by atoms with E-state index in [0.29, 0.717) is 18.0 Å². The van der Waals surface area contributed by atoms with E-state index in [-0.39, 0.29) is 5.91 Å². The molecule has 0 unspecified atom stereocenters. The number of aromatic nitrogens is 1. The molecule has 1 N–H and O–H groups in total.